The van der Waals surface area contributed by atoms with E-state index < -0.39 is 6.61 Å². The van der Waals surface area contributed by atoms with E-state index in [4.69, 9.17) is 17.3 Å². The fourth-order valence-corrected chi connectivity index (χ4v) is 2.70. The van der Waals surface area contributed by atoms with E-state index in [1.54, 1.807) is 12.1 Å². The third-order valence-corrected chi connectivity index (χ3v) is 3.91. The van der Waals surface area contributed by atoms with Gasteiger partial charge in [-0.1, -0.05) is 11.6 Å². The van der Waals surface area contributed by atoms with Crippen LogP contribution in [0.25, 0.3) is 0 Å². The number of halogens is 3. The first-order valence-corrected chi connectivity index (χ1v) is 7.12. The number of piperidine rings is 1. The van der Waals surface area contributed by atoms with E-state index in [2.05, 4.69) is 9.64 Å². The molecule has 1 aromatic carbocycles. The van der Waals surface area contributed by atoms with Crippen molar-refractivity contribution in [2.24, 2.45) is 11.7 Å². The molecule has 0 aromatic heterocycles. The molecule has 1 aliphatic rings. The number of alkyl halides is 2. The average Bonchev–Trinajstić information content (AvgIpc) is 2.42. The Morgan fingerprint density at radius 3 is 2.65 bits per heavy atom. The van der Waals surface area contributed by atoms with Crippen LogP contribution in [0.15, 0.2) is 18.2 Å². The fraction of sp³-hybridized carbons (Fsp3) is 0.571. The summed E-state index contributed by atoms with van der Waals surface area (Å²) < 4.78 is 29.3. The molecule has 1 fully saturated rings. The van der Waals surface area contributed by atoms with Gasteiger partial charge in [-0.25, -0.2) is 0 Å². The molecule has 6 heteroatoms. The predicted octanol–water partition coefficient (Wildman–Crippen LogP) is 3.11. The molecule has 1 aromatic rings. The zero-order chi connectivity index (χ0) is 14.5. The van der Waals surface area contributed by atoms with E-state index in [1.807, 2.05) is 0 Å². The Labute approximate surface area is 122 Å². The van der Waals surface area contributed by atoms with Gasteiger partial charge in [-0.3, -0.25) is 4.90 Å². The average molecular weight is 305 g/mol. The van der Waals surface area contributed by atoms with Crippen LogP contribution in [0.3, 0.4) is 0 Å². The molecular formula is C14H19ClF2N2O. The van der Waals surface area contributed by atoms with E-state index >= 15 is 0 Å². The summed E-state index contributed by atoms with van der Waals surface area (Å²) in [5.41, 5.74) is 6.36. The highest BCUT2D eigenvalue weighted by atomic mass is 35.5. The van der Waals surface area contributed by atoms with Crippen molar-refractivity contribution in [3.8, 4) is 5.75 Å². The van der Waals surface area contributed by atoms with Crippen LogP contribution in [-0.2, 0) is 6.54 Å². The molecule has 1 saturated heterocycles. The topological polar surface area (TPSA) is 38.5 Å². The number of nitrogens with two attached hydrogens (primary N) is 1. The molecule has 1 heterocycles. The van der Waals surface area contributed by atoms with Gasteiger partial charge >= 0.3 is 6.61 Å². The second-order valence-corrected chi connectivity index (χ2v) is 5.52. The molecule has 0 spiro atoms. The molecule has 0 amide bonds. The van der Waals surface area contributed by atoms with E-state index in [1.165, 1.54) is 6.07 Å². The van der Waals surface area contributed by atoms with E-state index in [-0.39, 0.29) is 5.75 Å². The van der Waals surface area contributed by atoms with Crippen molar-refractivity contribution in [1.29, 1.82) is 0 Å². The summed E-state index contributed by atoms with van der Waals surface area (Å²) >= 11 is 5.94. The Balaban J connectivity index is 2.02. The molecule has 0 atom stereocenters. The first-order valence-electron chi connectivity index (χ1n) is 6.74. The van der Waals surface area contributed by atoms with Crippen molar-refractivity contribution in [1.82, 2.24) is 4.90 Å². The van der Waals surface area contributed by atoms with Crippen LogP contribution < -0.4 is 10.5 Å². The Hall–Kier alpha value is -0.910. The fourth-order valence-electron chi connectivity index (χ4n) is 2.50. The minimum absolute atomic E-state index is 0.199. The van der Waals surface area contributed by atoms with Crippen LogP contribution in [0.4, 0.5) is 8.78 Å². The Morgan fingerprint density at radius 2 is 2.05 bits per heavy atom. The van der Waals surface area contributed by atoms with Crippen molar-refractivity contribution in [3.05, 3.63) is 28.8 Å². The number of benzene rings is 1. The molecule has 1 aliphatic heterocycles. The Morgan fingerprint density at radius 1 is 1.35 bits per heavy atom. The predicted molar refractivity (Wildman–Crippen MR) is 75.1 cm³/mol. The second-order valence-electron chi connectivity index (χ2n) is 5.09. The van der Waals surface area contributed by atoms with Gasteiger partial charge in [0.25, 0.3) is 0 Å². The third-order valence-electron chi connectivity index (χ3n) is 3.67. The molecule has 20 heavy (non-hydrogen) atoms. The second kappa shape index (κ2) is 7.20. The minimum Gasteiger partial charge on any atom is -0.434 e. The van der Waals surface area contributed by atoms with E-state index in [0.29, 0.717) is 29.6 Å². The molecule has 0 aliphatic carbocycles. The number of rotatable bonds is 5. The van der Waals surface area contributed by atoms with E-state index in [9.17, 15) is 8.78 Å². The first-order chi connectivity index (χ1) is 9.58. The zero-order valence-electron chi connectivity index (χ0n) is 11.2. The lowest BCUT2D eigenvalue weighted by Crippen LogP contribution is -2.35. The molecule has 0 saturated carbocycles. The van der Waals surface area contributed by atoms with Gasteiger partial charge < -0.3 is 10.5 Å². The van der Waals surface area contributed by atoms with Gasteiger partial charge in [-0.05, 0) is 56.6 Å². The van der Waals surface area contributed by atoms with Crippen LogP contribution in [0, 0.1) is 5.92 Å². The SMILES string of the molecule is NCC1CCN(Cc2cc(Cl)ccc2OC(F)F)CC1. The molecule has 2 N–H and O–H groups in total. The summed E-state index contributed by atoms with van der Waals surface area (Å²) in [5, 5.41) is 0.526. The lowest BCUT2D eigenvalue weighted by atomic mass is 9.97. The van der Waals surface area contributed by atoms with E-state index in [0.717, 1.165) is 25.9 Å². The van der Waals surface area contributed by atoms with Gasteiger partial charge in [0.15, 0.2) is 0 Å². The van der Waals surface area contributed by atoms with Crippen molar-refractivity contribution in [2.75, 3.05) is 19.6 Å². The lowest BCUT2D eigenvalue weighted by molar-refractivity contribution is -0.0508. The van der Waals surface area contributed by atoms with Gasteiger partial charge in [0.05, 0.1) is 0 Å². The molecule has 112 valence electrons. The summed E-state index contributed by atoms with van der Waals surface area (Å²) in [6.45, 7) is 0.299. The molecular weight excluding hydrogens is 286 g/mol. The van der Waals surface area contributed by atoms with Crippen molar-refractivity contribution in [2.45, 2.75) is 26.0 Å². The van der Waals surface area contributed by atoms with Gasteiger partial charge in [0, 0.05) is 17.1 Å². The smallest absolute Gasteiger partial charge is 0.387 e. The maximum absolute atomic E-state index is 12.4. The highest BCUT2D eigenvalue weighted by Gasteiger charge is 2.20. The largest absolute Gasteiger partial charge is 0.434 e. The summed E-state index contributed by atoms with van der Waals surface area (Å²) in [5.74, 6) is 0.771. The minimum atomic E-state index is -2.82. The Bertz CT molecular complexity index is 437. The normalized spacial score (nSPS) is 17.6. The molecule has 3 nitrogen and oxygen atoms in total. The quantitative estimate of drug-likeness (QED) is 0.908. The summed E-state index contributed by atoms with van der Waals surface area (Å²) in [4.78, 5) is 2.22. The number of likely N-dealkylation sites (tertiary alicyclic amines) is 1. The van der Waals surface area contributed by atoms with Crippen LogP contribution in [0.2, 0.25) is 5.02 Å². The highest BCUT2D eigenvalue weighted by molar-refractivity contribution is 6.30. The van der Waals surface area contributed by atoms with Crippen LogP contribution in [0.5, 0.6) is 5.75 Å². The van der Waals surface area contributed by atoms with Crippen molar-refractivity contribution in [3.63, 3.8) is 0 Å². The first kappa shape index (κ1) is 15.5. The van der Waals surface area contributed by atoms with Gasteiger partial charge in [0.1, 0.15) is 5.75 Å². The summed E-state index contributed by atoms with van der Waals surface area (Å²) in [6, 6.07) is 4.74. The van der Waals surface area contributed by atoms with Gasteiger partial charge in [-0.2, -0.15) is 8.78 Å². The van der Waals surface area contributed by atoms with Crippen LogP contribution in [0.1, 0.15) is 18.4 Å². The molecule has 2 rings (SSSR count). The number of nitrogens with zero attached hydrogens (tertiary/aromatic N) is 1. The summed E-state index contributed by atoms with van der Waals surface area (Å²) in [7, 11) is 0. The monoisotopic (exact) mass is 304 g/mol. The maximum atomic E-state index is 12.4. The van der Waals surface area contributed by atoms with Crippen molar-refractivity contribution < 1.29 is 13.5 Å². The highest BCUT2D eigenvalue weighted by Crippen LogP contribution is 2.27. The zero-order valence-corrected chi connectivity index (χ0v) is 12.0. The van der Waals surface area contributed by atoms with Crippen LogP contribution in [-0.4, -0.2) is 31.1 Å². The van der Waals surface area contributed by atoms with Gasteiger partial charge in [-0.15, -0.1) is 0 Å². The van der Waals surface area contributed by atoms with Crippen molar-refractivity contribution >= 4 is 11.6 Å². The lowest BCUT2D eigenvalue weighted by Gasteiger charge is -2.31. The number of ether oxygens (including phenoxy) is 1. The number of hydrogen-bond donors (Lipinski definition) is 1. The van der Waals surface area contributed by atoms with Crippen LogP contribution >= 0.6 is 11.6 Å². The molecule has 0 radical (unpaired) electrons. The van der Waals surface area contributed by atoms with Gasteiger partial charge in [0.2, 0.25) is 0 Å². The Kier molecular flexibility index (Phi) is 5.57. The maximum Gasteiger partial charge on any atom is 0.387 e. The molecule has 0 unspecified atom stereocenters. The third kappa shape index (κ3) is 4.30. The standard InChI is InChI=1S/C14H19ClF2N2O/c15-12-1-2-13(20-14(16)17)11(7-12)9-19-5-3-10(8-18)4-6-19/h1-2,7,10,14H,3-6,8-9,18H2. The number of hydrogen-bond acceptors (Lipinski definition) is 3. The summed E-state index contributed by atoms with van der Waals surface area (Å²) in [6.07, 6.45) is 2.09. The molecule has 0 bridgehead atoms.